The smallest absolute Gasteiger partial charge is 0.409 e. The van der Waals surface area contributed by atoms with Crippen LogP contribution in [0.15, 0.2) is 48.5 Å². The number of amides is 2. The van der Waals surface area contributed by atoms with E-state index in [1.807, 2.05) is 30.3 Å². The molecule has 1 aliphatic heterocycles. The Morgan fingerprint density at radius 2 is 1.80 bits per heavy atom. The lowest BCUT2D eigenvalue weighted by Crippen LogP contribution is -2.47. The molecule has 2 N–H and O–H groups in total. The predicted octanol–water partition coefficient (Wildman–Crippen LogP) is 3.10. The zero-order chi connectivity index (χ0) is 25.2. The van der Waals surface area contributed by atoms with Crippen LogP contribution in [-0.4, -0.2) is 60.1 Å². The summed E-state index contributed by atoms with van der Waals surface area (Å²) in [6.07, 6.45) is 0.742. The molecule has 0 atom stereocenters. The summed E-state index contributed by atoms with van der Waals surface area (Å²) >= 11 is 0. The molecule has 1 saturated heterocycles. The molecule has 0 aromatic heterocycles. The zero-order valence-electron chi connectivity index (χ0n) is 19.4. The summed E-state index contributed by atoms with van der Waals surface area (Å²) in [6, 6.07) is 13.2. The summed E-state index contributed by atoms with van der Waals surface area (Å²) in [5.41, 5.74) is 0.913. The number of ether oxygens (including phenoxy) is 2. The molecule has 0 aliphatic carbocycles. The number of esters is 1. The van der Waals surface area contributed by atoms with Gasteiger partial charge in [-0.15, -0.1) is 0 Å². The largest absolute Gasteiger partial charge is 0.452 e. The summed E-state index contributed by atoms with van der Waals surface area (Å²) in [5.74, 6) is -1.32. The fourth-order valence-corrected chi connectivity index (χ4v) is 3.66. The molecule has 2 aromatic rings. The Balaban J connectivity index is 1.49. The van der Waals surface area contributed by atoms with Crippen LogP contribution in [0.4, 0.5) is 16.2 Å². The molecule has 186 valence electrons. The second kappa shape index (κ2) is 12.4. The van der Waals surface area contributed by atoms with Crippen LogP contribution in [0.1, 0.15) is 35.7 Å². The Morgan fingerprint density at radius 3 is 2.46 bits per heavy atom. The van der Waals surface area contributed by atoms with Gasteiger partial charge < -0.3 is 25.0 Å². The number of likely N-dealkylation sites (tertiary alicyclic amines) is 1. The third-order valence-corrected chi connectivity index (χ3v) is 5.48. The van der Waals surface area contributed by atoms with E-state index in [-0.39, 0.29) is 29.1 Å². The molecule has 0 saturated carbocycles. The number of carbonyl (C=O) groups excluding carboxylic acids is 3. The van der Waals surface area contributed by atoms with Crippen molar-refractivity contribution in [1.29, 1.82) is 0 Å². The van der Waals surface area contributed by atoms with Gasteiger partial charge in [0.05, 0.1) is 17.1 Å². The van der Waals surface area contributed by atoms with E-state index < -0.39 is 23.4 Å². The van der Waals surface area contributed by atoms with Gasteiger partial charge in [-0.05, 0) is 37.5 Å². The van der Waals surface area contributed by atoms with Crippen LogP contribution in [0.3, 0.4) is 0 Å². The standard InChI is InChI=1S/C24H28N4O7/c1-2-34-24(31)27-12-10-19(11-13-27)26-22(29)16-35-23(30)18-8-9-20(21(14-18)28(32)33)25-15-17-6-4-3-5-7-17/h3-9,14,19,25H,2,10-13,15-16H2,1H3,(H,26,29). The topological polar surface area (TPSA) is 140 Å². The van der Waals surface area contributed by atoms with Crippen LogP contribution in [0.5, 0.6) is 0 Å². The van der Waals surface area contributed by atoms with Crippen molar-refractivity contribution in [3.63, 3.8) is 0 Å². The van der Waals surface area contributed by atoms with Crippen LogP contribution in [0, 0.1) is 10.1 Å². The monoisotopic (exact) mass is 484 g/mol. The number of hydrogen-bond acceptors (Lipinski definition) is 8. The first kappa shape index (κ1) is 25.5. The third kappa shape index (κ3) is 7.42. The Hall–Kier alpha value is -4.15. The van der Waals surface area contributed by atoms with Crippen molar-refractivity contribution in [3.05, 3.63) is 69.8 Å². The fraction of sp³-hybridized carbons (Fsp3) is 0.375. The number of nitrogens with one attached hydrogen (secondary N) is 2. The maximum absolute atomic E-state index is 12.4. The van der Waals surface area contributed by atoms with Crippen molar-refractivity contribution in [1.82, 2.24) is 10.2 Å². The Bertz CT molecular complexity index is 1050. The minimum Gasteiger partial charge on any atom is -0.452 e. The zero-order valence-corrected chi connectivity index (χ0v) is 19.4. The Morgan fingerprint density at radius 1 is 1.09 bits per heavy atom. The molecule has 2 aromatic carbocycles. The molecule has 2 amide bonds. The summed E-state index contributed by atoms with van der Waals surface area (Å²) in [5, 5.41) is 17.3. The number of rotatable bonds is 9. The van der Waals surface area contributed by atoms with Crippen LogP contribution in [0.25, 0.3) is 0 Å². The molecule has 0 radical (unpaired) electrons. The molecular weight excluding hydrogens is 456 g/mol. The summed E-state index contributed by atoms with van der Waals surface area (Å²) in [4.78, 5) is 48.8. The van der Waals surface area contributed by atoms with E-state index in [4.69, 9.17) is 9.47 Å². The van der Waals surface area contributed by atoms with Crippen molar-refractivity contribution in [3.8, 4) is 0 Å². The van der Waals surface area contributed by atoms with Gasteiger partial charge in [0, 0.05) is 31.7 Å². The lowest BCUT2D eigenvalue weighted by molar-refractivity contribution is -0.384. The number of nitrogens with zero attached hydrogens (tertiary/aromatic N) is 2. The fourth-order valence-electron chi connectivity index (χ4n) is 3.66. The lowest BCUT2D eigenvalue weighted by atomic mass is 10.1. The van der Waals surface area contributed by atoms with Gasteiger partial charge in [0.2, 0.25) is 0 Å². The molecule has 11 nitrogen and oxygen atoms in total. The molecule has 0 bridgehead atoms. The van der Waals surface area contributed by atoms with E-state index in [0.717, 1.165) is 11.6 Å². The van der Waals surface area contributed by atoms with Gasteiger partial charge >= 0.3 is 12.1 Å². The van der Waals surface area contributed by atoms with E-state index in [1.54, 1.807) is 11.8 Å². The Kier molecular flexibility index (Phi) is 8.99. The van der Waals surface area contributed by atoms with Gasteiger partial charge in [0.1, 0.15) is 5.69 Å². The van der Waals surface area contributed by atoms with E-state index in [9.17, 15) is 24.5 Å². The summed E-state index contributed by atoms with van der Waals surface area (Å²) in [6.45, 7) is 2.82. The van der Waals surface area contributed by atoms with Crippen molar-refractivity contribution in [2.24, 2.45) is 0 Å². The highest BCUT2D eigenvalue weighted by atomic mass is 16.6. The normalized spacial score (nSPS) is 13.6. The predicted molar refractivity (Wildman–Crippen MR) is 127 cm³/mol. The van der Waals surface area contributed by atoms with Gasteiger partial charge in [-0.2, -0.15) is 0 Å². The average molecular weight is 485 g/mol. The Labute approximate surface area is 202 Å². The molecule has 35 heavy (non-hydrogen) atoms. The first-order valence-corrected chi connectivity index (χ1v) is 11.3. The minimum atomic E-state index is -0.838. The summed E-state index contributed by atoms with van der Waals surface area (Å²) < 4.78 is 10.0. The molecule has 1 aliphatic rings. The van der Waals surface area contributed by atoms with Gasteiger partial charge in [0.25, 0.3) is 11.6 Å². The van der Waals surface area contributed by atoms with E-state index in [0.29, 0.717) is 39.1 Å². The third-order valence-electron chi connectivity index (χ3n) is 5.48. The average Bonchev–Trinajstić information content (AvgIpc) is 2.87. The number of carbonyl (C=O) groups is 3. The molecular formula is C24H28N4O7. The number of nitro groups is 1. The van der Waals surface area contributed by atoms with Gasteiger partial charge in [-0.25, -0.2) is 9.59 Å². The van der Waals surface area contributed by atoms with Crippen LogP contribution >= 0.6 is 0 Å². The molecule has 11 heteroatoms. The van der Waals surface area contributed by atoms with E-state index >= 15 is 0 Å². The van der Waals surface area contributed by atoms with Crippen LogP contribution in [0.2, 0.25) is 0 Å². The number of anilines is 1. The van der Waals surface area contributed by atoms with Crippen molar-refractivity contribution < 1.29 is 28.8 Å². The number of hydrogen-bond donors (Lipinski definition) is 2. The van der Waals surface area contributed by atoms with Crippen molar-refractivity contribution >= 4 is 29.3 Å². The lowest BCUT2D eigenvalue weighted by Gasteiger charge is -2.31. The minimum absolute atomic E-state index is 0.0301. The number of piperidine rings is 1. The highest BCUT2D eigenvalue weighted by Gasteiger charge is 2.25. The summed E-state index contributed by atoms with van der Waals surface area (Å²) in [7, 11) is 0. The van der Waals surface area contributed by atoms with E-state index in [1.165, 1.54) is 12.1 Å². The van der Waals surface area contributed by atoms with Crippen molar-refractivity contribution in [2.75, 3.05) is 31.6 Å². The SMILES string of the molecule is CCOC(=O)N1CCC(NC(=O)COC(=O)c2ccc(NCc3ccccc3)c([N+](=O)[O-])c2)CC1. The molecule has 1 heterocycles. The molecule has 3 rings (SSSR count). The van der Waals surface area contributed by atoms with Gasteiger partial charge in [0.15, 0.2) is 6.61 Å². The number of benzene rings is 2. The first-order valence-electron chi connectivity index (χ1n) is 11.3. The maximum atomic E-state index is 12.4. The van der Waals surface area contributed by atoms with Crippen LogP contribution < -0.4 is 10.6 Å². The van der Waals surface area contributed by atoms with Gasteiger partial charge in [-0.3, -0.25) is 14.9 Å². The maximum Gasteiger partial charge on any atom is 0.409 e. The number of nitro benzene ring substituents is 1. The highest BCUT2D eigenvalue weighted by molar-refractivity contribution is 5.93. The first-order chi connectivity index (χ1) is 16.9. The second-order valence-electron chi connectivity index (χ2n) is 7.93. The molecule has 0 unspecified atom stereocenters. The van der Waals surface area contributed by atoms with E-state index in [2.05, 4.69) is 10.6 Å². The van der Waals surface area contributed by atoms with Crippen molar-refractivity contribution in [2.45, 2.75) is 32.4 Å². The quantitative estimate of drug-likeness (QED) is 0.314. The highest BCUT2D eigenvalue weighted by Crippen LogP contribution is 2.26. The second-order valence-corrected chi connectivity index (χ2v) is 7.93. The van der Waals surface area contributed by atoms with Gasteiger partial charge in [-0.1, -0.05) is 30.3 Å². The molecule has 0 spiro atoms. The van der Waals surface area contributed by atoms with Crippen LogP contribution in [-0.2, 0) is 20.8 Å². The molecule has 1 fully saturated rings.